The second kappa shape index (κ2) is 11.9. The maximum absolute atomic E-state index is 12.6. The summed E-state index contributed by atoms with van der Waals surface area (Å²) in [4.78, 5) is 45.9. The van der Waals surface area contributed by atoms with Crippen LogP contribution in [0.2, 0.25) is 0 Å². The van der Waals surface area contributed by atoms with Gasteiger partial charge in [-0.3, -0.25) is 24.5 Å². The third-order valence-corrected chi connectivity index (χ3v) is 4.30. The molecule has 0 radical (unpaired) electrons. The summed E-state index contributed by atoms with van der Waals surface area (Å²) in [6.07, 6.45) is 3.26. The smallest absolute Gasteiger partial charge is 0.303 e. The molecule has 9 heteroatoms. The van der Waals surface area contributed by atoms with Crippen molar-refractivity contribution in [2.24, 2.45) is 0 Å². The molecule has 0 saturated heterocycles. The number of rotatable bonds is 11. The molecule has 0 unspecified atom stereocenters. The predicted octanol–water partition coefficient (Wildman–Crippen LogP) is 3.13. The van der Waals surface area contributed by atoms with E-state index in [1.54, 1.807) is 30.3 Å². The number of amides is 2. The Kier molecular flexibility index (Phi) is 8.90. The molecule has 0 saturated carbocycles. The predicted molar refractivity (Wildman–Crippen MR) is 114 cm³/mol. The van der Waals surface area contributed by atoms with Gasteiger partial charge in [-0.05, 0) is 48.7 Å². The molecule has 0 heterocycles. The summed E-state index contributed by atoms with van der Waals surface area (Å²) in [7, 11) is 0. The minimum atomic E-state index is -0.860. The number of carbonyl (C=O) groups is 3. The molecular formula is C22H23N3O6. The lowest BCUT2D eigenvalue weighted by Gasteiger charge is -2.11. The van der Waals surface area contributed by atoms with Crippen LogP contribution < -0.4 is 10.6 Å². The summed E-state index contributed by atoms with van der Waals surface area (Å²) in [5.74, 6) is -1.84. The summed E-state index contributed by atoms with van der Waals surface area (Å²) < 4.78 is 0. The molecule has 0 aliphatic carbocycles. The minimum Gasteiger partial charge on any atom is -0.481 e. The topological polar surface area (TPSA) is 139 Å². The van der Waals surface area contributed by atoms with Crippen LogP contribution in [-0.2, 0) is 9.59 Å². The molecule has 0 aliphatic heterocycles. The number of nitrogens with zero attached hydrogens (tertiary/aromatic N) is 1. The van der Waals surface area contributed by atoms with Gasteiger partial charge in [0.25, 0.3) is 17.5 Å². The molecule has 9 nitrogen and oxygen atoms in total. The van der Waals surface area contributed by atoms with Crippen molar-refractivity contribution in [2.45, 2.75) is 25.7 Å². The zero-order chi connectivity index (χ0) is 22.6. The molecule has 2 aromatic rings. The Morgan fingerprint density at radius 2 is 1.65 bits per heavy atom. The maximum atomic E-state index is 12.6. The first-order valence-corrected chi connectivity index (χ1v) is 9.69. The van der Waals surface area contributed by atoms with Gasteiger partial charge in [-0.15, -0.1) is 0 Å². The third-order valence-electron chi connectivity index (χ3n) is 4.30. The summed E-state index contributed by atoms with van der Waals surface area (Å²) in [5, 5.41) is 24.7. The quantitative estimate of drug-likeness (QED) is 0.219. The highest BCUT2D eigenvalue weighted by Crippen LogP contribution is 2.14. The van der Waals surface area contributed by atoms with E-state index < -0.39 is 22.7 Å². The highest BCUT2D eigenvalue weighted by atomic mass is 16.6. The number of nitro benzene ring substituents is 1. The van der Waals surface area contributed by atoms with E-state index in [0.717, 1.165) is 0 Å². The Hall–Kier alpha value is -4.01. The van der Waals surface area contributed by atoms with Gasteiger partial charge >= 0.3 is 5.97 Å². The first-order valence-electron chi connectivity index (χ1n) is 9.69. The molecule has 3 N–H and O–H groups in total. The molecule has 2 aromatic carbocycles. The number of carboxylic acid groups (broad SMARTS) is 1. The molecule has 0 spiro atoms. The fourth-order valence-electron chi connectivity index (χ4n) is 2.68. The molecular weight excluding hydrogens is 402 g/mol. The van der Waals surface area contributed by atoms with Crippen molar-refractivity contribution in [1.29, 1.82) is 0 Å². The lowest BCUT2D eigenvalue weighted by molar-refractivity contribution is -0.384. The SMILES string of the molecule is O=C(O)CCCCCNC(=O)/C(=C/c1ccc([N+](=O)[O-])cc1)NC(=O)c1ccccc1. The Morgan fingerprint density at radius 1 is 0.968 bits per heavy atom. The largest absolute Gasteiger partial charge is 0.481 e. The zero-order valence-corrected chi connectivity index (χ0v) is 16.7. The van der Waals surface area contributed by atoms with Gasteiger partial charge in [0.05, 0.1) is 4.92 Å². The number of non-ortho nitro benzene ring substituents is 1. The van der Waals surface area contributed by atoms with Gasteiger partial charge < -0.3 is 15.7 Å². The molecule has 2 rings (SSSR count). The van der Waals surface area contributed by atoms with Crippen molar-refractivity contribution >= 4 is 29.5 Å². The van der Waals surface area contributed by atoms with Crippen LogP contribution in [0.3, 0.4) is 0 Å². The molecule has 162 valence electrons. The summed E-state index contributed by atoms with van der Waals surface area (Å²) in [5.41, 5.74) is 0.787. The Morgan fingerprint density at radius 3 is 2.26 bits per heavy atom. The summed E-state index contributed by atoms with van der Waals surface area (Å²) in [6.45, 7) is 0.317. The first-order chi connectivity index (χ1) is 14.9. The zero-order valence-electron chi connectivity index (χ0n) is 16.7. The second-order valence-corrected chi connectivity index (χ2v) is 6.69. The van der Waals surface area contributed by atoms with Gasteiger partial charge in [0.15, 0.2) is 0 Å². The number of aliphatic carboxylic acids is 1. The van der Waals surface area contributed by atoms with Crippen LogP contribution in [-0.4, -0.2) is 34.4 Å². The number of hydrogen-bond acceptors (Lipinski definition) is 5. The van der Waals surface area contributed by atoms with Gasteiger partial charge in [0, 0.05) is 30.7 Å². The van der Waals surface area contributed by atoms with Crippen molar-refractivity contribution in [3.8, 4) is 0 Å². The van der Waals surface area contributed by atoms with E-state index in [0.29, 0.717) is 36.9 Å². The van der Waals surface area contributed by atoms with Crippen LogP contribution in [0.1, 0.15) is 41.6 Å². The van der Waals surface area contributed by atoms with Gasteiger partial charge in [-0.25, -0.2) is 0 Å². The number of hydrogen-bond donors (Lipinski definition) is 3. The van der Waals surface area contributed by atoms with Crippen LogP contribution >= 0.6 is 0 Å². The summed E-state index contributed by atoms with van der Waals surface area (Å²) in [6, 6.07) is 14.0. The molecule has 0 fully saturated rings. The maximum Gasteiger partial charge on any atom is 0.303 e. The van der Waals surface area contributed by atoms with Crippen LogP contribution in [0.4, 0.5) is 5.69 Å². The molecule has 0 bridgehead atoms. The van der Waals surface area contributed by atoms with Crippen molar-refractivity contribution in [2.75, 3.05) is 6.54 Å². The number of nitro groups is 1. The molecule has 31 heavy (non-hydrogen) atoms. The molecule has 2 amide bonds. The monoisotopic (exact) mass is 425 g/mol. The van der Waals surface area contributed by atoms with Gasteiger partial charge in [-0.2, -0.15) is 0 Å². The lowest BCUT2D eigenvalue weighted by atomic mass is 10.1. The van der Waals surface area contributed by atoms with Gasteiger partial charge in [0.1, 0.15) is 5.70 Å². The van der Waals surface area contributed by atoms with Crippen LogP contribution in [0.25, 0.3) is 6.08 Å². The number of carboxylic acids is 1. The lowest BCUT2D eigenvalue weighted by Crippen LogP contribution is -2.35. The minimum absolute atomic E-state index is 0.00626. The van der Waals surface area contributed by atoms with Crippen molar-refractivity contribution in [3.63, 3.8) is 0 Å². The van der Waals surface area contributed by atoms with Crippen molar-refractivity contribution < 1.29 is 24.4 Å². The van der Waals surface area contributed by atoms with E-state index in [1.165, 1.54) is 30.3 Å². The molecule has 0 atom stereocenters. The number of nitrogens with one attached hydrogen (secondary N) is 2. The van der Waals surface area contributed by atoms with E-state index in [4.69, 9.17) is 5.11 Å². The highest BCUT2D eigenvalue weighted by Gasteiger charge is 2.14. The van der Waals surface area contributed by atoms with Crippen LogP contribution in [0.15, 0.2) is 60.3 Å². The third kappa shape index (κ3) is 8.09. The fraction of sp³-hybridized carbons (Fsp3) is 0.227. The average molecular weight is 425 g/mol. The van der Waals surface area contributed by atoms with Crippen LogP contribution in [0.5, 0.6) is 0 Å². The van der Waals surface area contributed by atoms with E-state index in [-0.39, 0.29) is 17.8 Å². The Bertz CT molecular complexity index is 955. The van der Waals surface area contributed by atoms with Gasteiger partial charge in [0.2, 0.25) is 0 Å². The van der Waals surface area contributed by atoms with E-state index >= 15 is 0 Å². The van der Waals surface area contributed by atoms with Crippen LogP contribution in [0, 0.1) is 10.1 Å². The second-order valence-electron chi connectivity index (χ2n) is 6.69. The molecule has 0 aromatic heterocycles. The summed E-state index contributed by atoms with van der Waals surface area (Å²) >= 11 is 0. The van der Waals surface area contributed by atoms with Gasteiger partial charge in [-0.1, -0.05) is 24.6 Å². The first kappa shape index (κ1) is 23.3. The standard InChI is InChI=1S/C22H23N3O6/c26-20(27)9-5-2-6-14-23-22(29)19(24-21(28)17-7-3-1-4-8-17)15-16-10-12-18(13-11-16)25(30)31/h1,3-4,7-8,10-13,15H,2,5-6,9,14H2,(H,23,29)(H,24,28)(H,26,27)/b19-15-. The fourth-order valence-corrected chi connectivity index (χ4v) is 2.68. The van der Waals surface area contributed by atoms with E-state index in [9.17, 15) is 24.5 Å². The van der Waals surface area contributed by atoms with Crippen molar-refractivity contribution in [3.05, 3.63) is 81.5 Å². The number of benzene rings is 2. The molecule has 0 aliphatic rings. The van der Waals surface area contributed by atoms with Crippen molar-refractivity contribution in [1.82, 2.24) is 10.6 Å². The Labute approximate surface area is 178 Å². The number of carbonyl (C=O) groups excluding carboxylic acids is 2. The van der Waals surface area contributed by atoms with E-state index in [1.807, 2.05) is 0 Å². The average Bonchev–Trinajstić information content (AvgIpc) is 2.76. The van der Waals surface area contributed by atoms with E-state index in [2.05, 4.69) is 10.6 Å². The highest BCUT2D eigenvalue weighted by molar-refractivity contribution is 6.05. The number of unbranched alkanes of at least 4 members (excludes halogenated alkanes) is 2. The Balaban J connectivity index is 2.09. The normalized spacial score (nSPS) is 10.9.